The van der Waals surface area contributed by atoms with Gasteiger partial charge in [-0.2, -0.15) is 0 Å². The Hall–Kier alpha value is -3.67. The van der Waals surface area contributed by atoms with Crippen molar-refractivity contribution in [2.24, 2.45) is 0 Å². The molecular formula is C28H30FN5. The third-order valence-electron chi connectivity index (χ3n) is 6.73. The molecule has 0 aliphatic carbocycles. The molecule has 1 atom stereocenters. The van der Waals surface area contributed by atoms with Gasteiger partial charge in [0.05, 0.1) is 11.4 Å². The van der Waals surface area contributed by atoms with Crippen LogP contribution in [0.5, 0.6) is 0 Å². The summed E-state index contributed by atoms with van der Waals surface area (Å²) in [6, 6.07) is 13.4. The average Bonchev–Trinajstić information content (AvgIpc) is 3.25. The van der Waals surface area contributed by atoms with Crippen molar-refractivity contribution in [1.29, 1.82) is 0 Å². The molecule has 6 heteroatoms. The van der Waals surface area contributed by atoms with Gasteiger partial charge in [0, 0.05) is 41.8 Å². The number of halogens is 1. The van der Waals surface area contributed by atoms with Gasteiger partial charge in [0.15, 0.2) is 11.5 Å². The van der Waals surface area contributed by atoms with Crippen LogP contribution in [0.15, 0.2) is 67.6 Å². The van der Waals surface area contributed by atoms with E-state index in [9.17, 15) is 4.39 Å². The molecule has 0 amide bonds. The summed E-state index contributed by atoms with van der Waals surface area (Å²) in [5.41, 5.74) is 6.81. The van der Waals surface area contributed by atoms with Crippen molar-refractivity contribution in [2.45, 2.75) is 45.6 Å². The van der Waals surface area contributed by atoms with Crippen molar-refractivity contribution in [1.82, 2.24) is 14.4 Å². The van der Waals surface area contributed by atoms with Crippen LogP contribution in [0.2, 0.25) is 0 Å². The minimum absolute atomic E-state index is 0.258. The molecule has 0 spiro atoms. The minimum Gasteiger partial charge on any atom is -0.362 e. The Labute approximate surface area is 200 Å². The summed E-state index contributed by atoms with van der Waals surface area (Å²) in [5, 5.41) is 3.23. The summed E-state index contributed by atoms with van der Waals surface area (Å²) in [5.74, 6) is 0.650. The fourth-order valence-electron chi connectivity index (χ4n) is 4.95. The molecule has 34 heavy (non-hydrogen) atoms. The molecule has 2 aromatic carbocycles. The zero-order chi connectivity index (χ0) is 23.7. The number of anilines is 2. The smallest absolute Gasteiger partial charge is 0.181 e. The second-order valence-electron chi connectivity index (χ2n) is 8.87. The van der Waals surface area contributed by atoms with Crippen LogP contribution in [0.1, 0.15) is 38.7 Å². The van der Waals surface area contributed by atoms with Gasteiger partial charge >= 0.3 is 0 Å². The largest absolute Gasteiger partial charge is 0.362 e. The van der Waals surface area contributed by atoms with Crippen LogP contribution in [0.3, 0.4) is 0 Å². The Bertz CT molecular complexity index is 1320. The second-order valence-corrected chi connectivity index (χ2v) is 8.87. The van der Waals surface area contributed by atoms with E-state index in [0.29, 0.717) is 6.04 Å². The van der Waals surface area contributed by atoms with Crippen molar-refractivity contribution in [2.75, 3.05) is 16.8 Å². The number of aromatic nitrogens is 3. The number of nitrogens with one attached hydrogen (secondary N) is 1. The van der Waals surface area contributed by atoms with Crippen LogP contribution in [0.4, 0.5) is 15.9 Å². The van der Waals surface area contributed by atoms with E-state index in [-0.39, 0.29) is 5.82 Å². The summed E-state index contributed by atoms with van der Waals surface area (Å²) < 4.78 is 15.9. The summed E-state index contributed by atoms with van der Waals surface area (Å²) in [6.07, 6.45) is 9.96. The van der Waals surface area contributed by atoms with E-state index in [2.05, 4.69) is 53.2 Å². The van der Waals surface area contributed by atoms with E-state index in [1.165, 1.54) is 24.1 Å². The highest BCUT2D eigenvalue weighted by Gasteiger charge is 2.25. The predicted octanol–water partition coefficient (Wildman–Crippen LogP) is 6.70. The highest BCUT2D eigenvalue weighted by atomic mass is 19.1. The van der Waals surface area contributed by atoms with Crippen molar-refractivity contribution in [3.63, 3.8) is 0 Å². The Balaban J connectivity index is 1.75. The van der Waals surface area contributed by atoms with Gasteiger partial charge in [-0.05, 0) is 80.8 Å². The molecule has 1 fully saturated rings. The lowest BCUT2D eigenvalue weighted by Crippen LogP contribution is -2.38. The molecule has 1 N–H and O–H groups in total. The van der Waals surface area contributed by atoms with Crippen molar-refractivity contribution in [3.8, 4) is 22.5 Å². The number of rotatable bonds is 6. The lowest BCUT2D eigenvalue weighted by atomic mass is 10.0. The number of fused-ring (bicyclic) bond motifs is 1. The van der Waals surface area contributed by atoms with Crippen LogP contribution in [0.25, 0.3) is 28.2 Å². The van der Waals surface area contributed by atoms with Crippen LogP contribution in [-0.4, -0.2) is 27.0 Å². The third-order valence-corrected chi connectivity index (χ3v) is 6.73. The first-order chi connectivity index (χ1) is 16.6. The molecule has 174 valence electrons. The number of imidazole rings is 1. The maximum absolute atomic E-state index is 13.7. The van der Waals surface area contributed by atoms with Crippen molar-refractivity contribution >= 4 is 17.2 Å². The molecule has 0 saturated carbocycles. The predicted molar refractivity (Wildman–Crippen MR) is 138 cm³/mol. The molecule has 0 radical (unpaired) electrons. The number of hydrogen-bond acceptors (Lipinski definition) is 4. The number of nitrogens with zero attached hydrogens (tertiary/aromatic N) is 4. The van der Waals surface area contributed by atoms with Gasteiger partial charge in [0.2, 0.25) is 0 Å². The molecule has 0 unspecified atom stereocenters. The van der Waals surface area contributed by atoms with Gasteiger partial charge < -0.3 is 10.2 Å². The molecule has 0 bridgehead atoms. The number of benzene rings is 2. The van der Waals surface area contributed by atoms with Crippen molar-refractivity contribution < 1.29 is 4.39 Å². The first kappa shape index (κ1) is 22.1. The molecule has 4 aromatic rings. The number of hydrogen-bond donors (Lipinski definition) is 1. The van der Waals surface area contributed by atoms with Gasteiger partial charge in [0.25, 0.3) is 0 Å². The van der Waals surface area contributed by atoms with E-state index in [0.717, 1.165) is 65.5 Å². The SMILES string of the molecule is C=CNc1ccc(-c2c(-c3ccc(F)cc3)nc3c(N4CCCC[C@@H]4C)nccn23)cc1CC. The zero-order valence-electron chi connectivity index (χ0n) is 19.8. The number of piperidine rings is 1. The third kappa shape index (κ3) is 3.94. The quantitative estimate of drug-likeness (QED) is 0.351. The van der Waals surface area contributed by atoms with Gasteiger partial charge in [-0.3, -0.25) is 4.40 Å². The average molecular weight is 456 g/mol. The van der Waals surface area contributed by atoms with Crippen LogP contribution in [-0.2, 0) is 6.42 Å². The standard InChI is InChI=1S/C28H30FN5/c1-4-20-18-22(11-14-24(20)30-5-2)26-25(21-9-12-23(29)13-10-21)32-28-27(31-15-17-34(26)28)33-16-7-6-8-19(33)3/h5,9-15,17-19,30H,2,4,6-8,16H2,1,3H3/t19-/m0/s1. The van der Waals surface area contributed by atoms with Gasteiger partial charge in [-0.15, -0.1) is 0 Å². The summed E-state index contributed by atoms with van der Waals surface area (Å²) >= 11 is 0. The molecule has 5 rings (SSSR count). The summed E-state index contributed by atoms with van der Waals surface area (Å²) in [6.45, 7) is 9.17. The second kappa shape index (κ2) is 9.29. The molecule has 2 aromatic heterocycles. The Morgan fingerprint density at radius 3 is 2.68 bits per heavy atom. The van der Waals surface area contributed by atoms with E-state index in [4.69, 9.17) is 9.97 Å². The van der Waals surface area contributed by atoms with Gasteiger partial charge in [0.1, 0.15) is 5.82 Å². The molecular weight excluding hydrogens is 425 g/mol. The lowest BCUT2D eigenvalue weighted by molar-refractivity contribution is 0.481. The Morgan fingerprint density at radius 1 is 1.15 bits per heavy atom. The molecule has 5 nitrogen and oxygen atoms in total. The minimum atomic E-state index is -0.258. The maximum atomic E-state index is 13.7. The highest BCUT2D eigenvalue weighted by molar-refractivity contribution is 5.85. The topological polar surface area (TPSA) is 45.5 Å². The lowest BCUT2D eigenvalue weighted by Gasteiger charge is -2.34. The normalized spacial score (nSPS) is 16.1. The van der Waals surface area contributed by atoms with Crippen molar-refractivity contribution in [3.05, 3.63) is 79.0 Å². The molecule has 1 aliphatic heterocycles. The summed E-state index contributed by atoms with van der Waals surface area (Å²) in [7, 11) is 0. The van der Waals surface area contributed by atoms with Crippen LogP contribution < -0.4 is 10.2 Å². The first-order valence-electron chi connectivity index (χ1n) is 12.0. The fourth-order valence-corrected chi connectivity index (χ4v) is 4.95. The van der Waals surface area contributed by atoms with E-state index in [1.54, 1.807) is 18.3 Å². The fraction of sp³-hybridized carbons (Fsp3) is 0.286. The molecule has 1 aliphatic rings. The van der Waals surface area contributed by atoms with Crippen LogP contribution >= 0.6 is 0 Å². The summed E-state index contributed by atoms with van der Waals surface area (Å²) in [4.78, 5) is 12.3. The number of aryl methyl sites for hydroxylation is 1. The van der Waals surface area contributed by atoms with Gasteiger partial charge in [-0.1, -0.05) is 19.6 Å². The van der Waals surface area contributed by atoms with E-state index < -0.39 is 0 Å². The Kier molecular flexibility index (Phi) is 6.05. The van der Waals surface area contributed by atoms with E-state index >= 15 is 0 Å². The maximum Gasteiger partial charge on any atom is 0.181 e. The zero-order valence-corrected chi connectivity index (χ0v) is 19.8. The Morgan fingerprint density at radius 2 is 1.94 bits per heavy atom. The molecule has 1 saturated heterocycles. The monoisotopic (exact) mass is 455 g/mol. The highest BCUT2D eigenvalue weighted by Crippen LogP contribution is 2.37. The van der Waals surface area contributed by atoms with Gasteiger partial charge in [-0.25, -0.2) is 14.4 Å². The van der Waals surface area contributed by atoms with Crippen LogP contribution in [0, 0.1) is 5.82 Å². The first-order valence-corrected chi connectivity index (χ1v) is 12.0. The molecule has 3 heterocycles. The van der Waals surface area contributed by atoms with E-state index in [1.807, 2.05) is 12.4 Å².